The van der Waals surface area contributed by atoms with Crippen LogP contribution in [0.25, 0.3) is 6.08 Å². The van der Waals surface area contributed by atoms with Crippen molar-refractivity contribution in [2.24, 2.45) is 0 Å². The lowest BCUT2D eigenvalue weighted by atomic mass is 9.84. The maximum absolute atomic E-state index is 12.7. The van der Waals surface area contributed by atoms with Crippen molar-refractivity contribution in [3.8, 4) is 0 Å². The molecule has 6 nitrogen and oxygen atoms in total. The van der Waals surface area contributed by atoms with Gasteiger partial charge >= 0.3 is 5.97 Å². The van der Waals surface area contributed by atoms with Gasteiger partial charge in [-0.15, -0.1) is 11.3 Å². The Bertz CT molecular complexity index is 1190. The molecule has 0 aliphatic heterocycles. The summed E-state index contributed by atoms with van der Waals surface area (Å²) in [5.74, 6) is -1.70. The number of rotatable bonds is 5. The summed E-state index contributed by atoms with van der Waals surface area (Å²) in [6.45, 7) is -0.472. The normalized spacial score (nSPS) is 12.4. The second-order valence-electron chi connectivity index (χ2n) is 6.47. The molecule has 1 aromatic heterocycles. The fourth-order valence-electron chi connectivity index (χ4n) is 3.10. The first kappa shape index (κ1) is 19.5. The molecule has 0 saturated heterocycles. The number of fused-ring (bicyclic) bond motifs is 2. The van der Waals surface area contributed by atoms with Crippen molar-refractivity contribution in [1.82, 2.24) is 0 Å². The van der Waals surface area contributed by atoms with E-state index < -0.39 is 18.5 Å². The maximum Gasteiger partial charge on any atom is 0.331 e. The smallest absolute Gasteiger partial charge is 0.331 e. The Kier molecular flexibility index (Phi) is 5.36. The van der Waals surface area contributed by atoms with Gasteiger partial charge in [0.15, 0.2) is 18.2 Å². The second kappa shape index (κ2) is 8.26. The predicted molar refractivity (Wildman–Crippen MR) is 113 cm³/mol. The van der Waals surface area contributed by atoms with Crippen molar-refractivity contribution < 1.29 is 23.9 Å². The Labute approximate surface area is 175 Å². The molecule has 0 radical (unpaired) electrons. The van der Waals surface area contributed by atoms with Gasteiger partial charge in [0.1, 0.15) is 0 Å². The molecule has 2 aromatic carbocycles. The van der Waals surface area contributed by atoms with Gasteiger partial charge in [0.25, 0.3) is 5.91 Å². The second-order valence-corrected chi connectivity index (χ2v) is 7.45. The minimum atomic E-state index is -0.638. The van der Waals surface area contributed by atoms with Crippen LogP contribution < -0.4 is 5.32 Å². The first-order valence-electron chi connectivity index (χ1n) is 9.03. The maximum atomic E-state index is 12.7. The Morgan fingerprint density at radius 2 is 1.60 bits per heavy atom. The average Bonchev–Trinajstić information content (AvgIpc) is 3.28. The first-order chi connectivity index (χ1) is 14.5. The molecule has 1 amide bonds. The summed E-state index contributed by atoms with van der Waals surface area (Å²) >= 11 is 1.47. The van der Waals surface area contributed by atoms with E-state index in [0.717, 1.165) is 4.88 Å². The van der Waals surface area contributed by atoms with E-state index in [4.69, 9.17) is 4.74 Å². The summed E-state index contributed by atoms with van der Waals surface area (Å²) in [5, 5.41) is 4.46. The van der Waals surface area contributed by atoms with Crippen molar-refractivity contribution in [1.29, 1.82) is 0 Å². The molecule has 3 aromatic rings. The highest BCUT2D eigenvalue weighted by molar-refractivity contribution is 7.10. The third kappa shape index (κ3) is 3.97. The lowest BCUT2D eigenvalue weighted by Gasteiger charge is -2.18. The van der Waals surface area contributed by atoms with E-state index in [-0.39, 0.29) is 17.1 Å². The number of ketones is 2. The third-order valence-electron chi connectivity index (χ3n) is 4.48. The molecule has 0 fully saturated rings. The number of anilines is 1. The van der Waals surface area contributed by atoms with E-state index in [1.54, 1.807) is 30.3 Å². The van der Waals surface area contributed by atoms with Crippen molar-refractivity contribution in [3.63, 3.8) is 0 Å². The molecule has 1 heterocycles. The largest absolute Gasteiger partial charge is 0.452 e. The molecule has 0 saturated carbocycles. The number of ether oxygens (including phenoxy) is 1. The SMILES string of the molecule is O=C(COC(=O)/C=C/c1cccs1)Nc1ccc2c(c1)C(=O)c1ccccc1C2=O. The zero-order valence-corrected chi connectivity index (χ0v) is 16.4. The van der Waals surface area contributed by atoms with Gasteiger partial charge in [0, 0.05) is 38.9 Å². The van der Waals surface area contributed by atoms with E-state index in [2.05, 4.69) is 5.32 Å². The predicted octanol–water partition coefficient (Wildman–Crippen LogP) is 3.72. The van der Waals surface area contributed by atoms with Gasteiger partial charge in [-0.1, -0.05) is 30.3 Å². The summed E-state index contributed by atoms with van der Waals surface area (Å²) in [6.07, 6.45) is 2.86. The van der Waals surface area contributed by atoms with Crippen LogP contribution in [0.5, 0.6) is 0 Å². The zero-order valence-electron chi connectivity index (χ0n) is 15.6. The third-order valence-corrected chi connectivity index (χ3v) is 5.32. The number of benzene rings is 2. The van der Waals surface area contributed by atoms with Crippen LogP contribution in [0.3, 0.4) is 0 Å². The zero-order chi connectivity index (χ0) is 21.1. The van der Waals surface area contributed by atoms with Crippen LogP contribution in [-0.4, -0.2) is 30.0 Å². The van der Waals surface area contributed by atoms with Crippen LogP contribution in [0, 0.1) is 0 Å². The van der Waals surface area contributed by atoms with Gasteiger partial charge in [-0.2, -0.15) is 0 Å². The first-order valence-corrected chi connectivity index (χ1v) is 9.91. The molecule has 7 heteroatoms. The van der Waals surface area contributed by atoms with Crippen molar-refractivity contribution in [3.05, 3.63) is 93.2 Å². The standard InChI is InChI=1S/C23H15NO5S/c25-20(13-29-21(26)10-8-15-4-3-11-30-15)24-14-7-9-18-19(12-14)23(28)17-6-2-1-5-16(17)22(18)27/h1-12H,13H2,(H,24,25)/b10-8+. The number of hydrogen-bond donors (Lipinski definition) is 1. The fourth-order valence-corrected chi connectivity index (χ4v) is 3.71. The number of nitrogens with one attached hydrogen (secondary N) is 1. The van der Waals surface area contributed by atoms with Gasteiger partial charge < -0.3 is 10.1 Å². The number of esters is 1. The Morgan fingerprint density at radius 1 is 0.900 bits per heavy atom. The molecule has 0 bridgehead atoms. The van der Waals surface area contributed by atoms with Gasteiger partial charge in [-0.3, -0.25) is 14.4 Å². The van der Waals surface area contributed by atoms with Crippen molar-refractivity contribution in [2.45, 2.75) is 0 Å². The lowest BCUT2D eigenvalue weighted by Crippen LogP contribution is -2.23. The number of carbonyl (C=O) groups is 4. The molecule has 148 valence electrons. The molecule has 1 aliphatic rings. The number of thiophene rings is 1. The van der Waals surface area contributed by atoms with E-state index in [9.17, 15) is 19.2 Å². The van der Waals surface area contributed by atoms with E-state index in [1.807, 2.05) is 17.5 Å². The van der Waals surface area contributed by atoms with Crippen LogP contribution >= 0.6 is 11.3 Å². The van der Waals surface area contributed by atoms with Crippen LogP contribution in [0.15, 0.2) is 66.1 Å². The highest BCUT2D eigenvalue weighted by Crippen LogP contribution is 2.29. The molecule has 1 aliphatic carbocycles. The molecular formula is C23H15NO5S. The van der Waals surface area contributed by atoms with Gasteiger partial charge in [-0.05, 0) is 35.7 Å². The van der Waals surface area contributed by atoms with Crippen LogP contribution in [-0.2, 0) is 14.3 Å². The summed E-state index contributed by atoms with van der Waals surface area (Å²) < 4.78 is 4.92. The summed E-state index contributed by atoms with van der Waals surface area (Å²) in [4.78, 5) is 50.1. The number of hydrogen-bond acceptors (Lipinski definition) is 6. The quantitative estimate of drug-likeness (QED) is 0.395. The van der Waals surface area contributed by atoms with Crippen molar-refractivity contribution >= 4 is 46.5 Å². The van der Waals surface area contributed by atoms with E-state index in [1.165, 1.54) is 35.6 Å². The Morgan fingerprint density at radius 3 is 2.30 bits per heavy atom. The van der Waals surface area contributed by atoms with E-state index in [0.29, 0.717) is 22.4 Å². The fraction of sp³-hybridized carbons (Fsp3) is 0.0435. The molecule has 0 atom stereocenters. The summed E-state index contributed by atoms with van der Waals surface area (Å²) in [5.41, 5.74) is 1.57. The summed E-state index contributed by atoms with van der Waals surface area (Å²) in [7, 11) is 0. The summed E-state index contributed by atoms with van der Waals surface area (Å²) in [6, 6.07) is 14.8. The molecule has 0 unspecified atom stereocenters. The topological polar surface area (TPSA) is 89.5 Å². The molecule has 0 spiro atoms. The van der Waals surface area contributed by atoms with Gasteiger partial charge in [0.05, 0.1) is 0 Å². The highest BCUT2D eigenvalue weighted by atomic mass is 32.1. The average molecular weight is 417 g/mol. The van der Waals surface area contributed by atoms with Crippen LogP contribution in [0.1, 0.15) is 36.7 Å². The molecule has 30 heavy (non-hydrogen) atoms. The minimum absolute atomic E-state index is 0.229. The monoisotopic (exact) mass is 417 g/mol. The molecule has 4 rings (SSSR count). The molecule has 1 N–H and O–H groups in total. The van der Waals surface area contributed by atoms with E-state index >= 15 is 0 Å². The Hall–Kier alpha value is -3.84. The number of amides is 1. The Balaban J connectivity index is 1.41. The highest BCUT2D eigenvalue weighted by Gasteiger charge is 2.29. The lowest BCUT2D eigenvalue weighted by molar-refractivity contribution is -0.142. The number of carbonyl (C=O) groups excluding carboxylic acids is 4. The van der Waals surface area contributed by atoms with Crippen LogP contribution in [0.2, 0.25) is 0 Å². The molecular weight excluding hydrogens is 402 g/mol. The van der Waals surface area contributed by atoms with Gasteiger partial charge in [-0.25, -0.2) is 4.79 Å². The minimum Gasteiger partial charge on any atom is -0.452 e. The van der Waals surface area contributed by atoms with Crippen LogP contribution in [0.4, 0.5) is 5.69 Å². The van der Waals surface area contributed by atoms with Crippen molar-refractivity contribution in [2.75, 3.05) is 11.9 Å². The van der Waals surface area contributed by atoms with Gasteiger partial charge in [0.2, 0.25) is 0 Å².